The van der Waals surface area contributed by atoms with E-state index in [1.807, 2.05) is 13.8 Å². The molecule has 1 amide bonds. The third-order valence-corrected chi connectivity index (χ3v) is 2.17. The van der Waals surface area contributed by atoms with E-state index in [0.717, 1.165) is 0 Å². The predicted molar refractivity (Wildman–Crippen MR) is 61.7 cm³/mol. The summed E-state index contributed by atoms with van der Waals surface area (Å²) < 4.78 is 4.53. The van der Waals surface area contributed by atoms with Gasteiger partial charge in [0.05, 0.1) is 13.2 Å². The van der Waals surface area contributed by atoms with Crippen molar-refractivity contribution >= 4 is 11.9 Å². The van der Waals surface area contributed by atoms with Gasteiger partial charge in [-0.1, -0.05) is 6.08 Å². The Kier molecular flexibility index (Phi) is 6.41. The van der Waals surface area contributed by atoms with Gasteiger partial charge in [0.2, 0.25) is 5.91 Å². The minimum Gasteiger partial charge on any atom is -0.468 e. The monoisotopic (exact) mass is 228 g/mol. The fraction of sp³-hybridized carbons (Fsp3) is 0.636. The number of hydrogen-bond acceptors (Lipinski definition) is 4. The number of methoxy groups -OCH3 is 1. The molecule has 0 aliphatic carbocycles. The summed E-state index contributed by atoms with van der Waals surface area (Å²) in [5.74, 6) is -0.715. The highest BCUT2D eigenvalue weighted by atomic mass is 16.5. The summed E-state index contributed by atoms with van der Waals surface area (Å²) in [6.45, 7) is 7.09. The quantitative estimate of drug-likeness (QED) is 0.524. The highest BCUT2D eigenvalue weighted by Gasteiger charge is 2.24. The van der Waals surface area contributed by atoms with E-state index in [4.69, 9.17) is 5.73 Å². The number of amides is 1. The first-order valence-electron chi connectivity index (χ1n) is 5.17. The second-order valence-corrected chi connectivity index (χ2v) is 3.77. The third-order valence-electron chi connectivity index (χ3n) is 2.17. The SMILES string of the molecule is C=CCC(N)C(=O)N(CC(=O)OC)C(C)C. The molecule has 0 radical (unpaired) electrons. The Morgan fingerprint density at radius 1 is 1.50 bits per heavy atom. The molecule has 2 N–H and O–H groups in total. The van der Waals surface area contributed by atoms with Crippen molar-refractivity contribution in [2.45, 2.75) is 32.4 Å². The van der Waals surface area contributed by atoms with Crippen LogP contribution >= 0.6 is 0 Å². The lowest BCUT2D eigenvalue weighted by Crippen LogP contribution is -2.49. The average molecular weight is 228 g/mol. The van der Waals surface area contributed by atoms with Crippen LogP contribution in [0.25, 0.3) is 0 Å². The van der Waals surface area contributed by atoms with Crippen molar-refractivity contribution in [3.63, 3.8) is 0 Å². The first kappa shape index (κ1) is 14.6. The maximum absolute atomic E-state index is 11.9. The number of esters is 1. The first-order valence-corrected chi connectivity index (χ1v) is 5.17. The number of nitrogens with two attached hydrogens (primary N) is 1. The lowest BCUT2D eigenvalue weighted by molar-refractivity contribution is -0.148. The van der Waals surface area contributed by atoms with Gasteiger partial charge >= 0.3 is 5.97 Å². The third kappa shape index (κ3) is 4.44. The molecular weight excluding hydrogens is 208 g/mol. The van der Waals surface area contributed by atoms with Crippen LogP contribution in [0.15, 0.2) is 12.7 Å². The zero-order valence-corrected chi connectivity index (χ0v) is 10.1. The highest BCUT2D eigenvalue weighted by molar-refractivity contribution is 5.86. The fourth-order valence-corrected chi connectivity index (χ4v) is 1.21. The molecule has 0 spiro atoms. The minimum absolute atomic E-state index is 0.0716. The molecule has 16 heavy (non-hydrogen) atoms. The number of carbonyl (C=O) groups excluding carboxylic acids is 2. The van der Waals surface area contributed by atoms with Crippen molar-refractivity contribution in [1.82, 2.24) is 4.90 Å². The number of rotatable bonds is 6. The standard InChI is InChI=1S/C11H20N2O3/c1-5-6-9(12)11(15)13(8(2)3)7-10(14)16-4/h5,8-9H,1,6-7,12H2,2-4H3. The summed E-state index contributed by atoms with van der Waals surface area (Å²) in [6.07, 6.45) is 1.97. The molecule has 0 bridgehead atoms. The van der Waals surface area contributed by atoms with Gasteiger partial charge in [-0.3, -0.25) is 9.59 Å². The first-order chi connectivity index (χ1) is 7.43. The van der Waals surface area contributed by atoms with Crippen molar-refractivity contribution in [3.05, 3.63) is 12.7 Å². The summed E-state index contributed by atoms with van der Waals surface area (Å²) in [5, 5.41) is 0. The van der Waals surface area contributed by atoms with Gasteiger partial charge < -0.3 is 15.4 Å². The molecule has 0 heterocycles. The van der Waals surface area contributed by atoms with Crippen LogP contribution in [0.4, 0.5) is 0 Å². The zero-order chi connectivity index (χ0) is 12.7. The Labute approximate surface area is 96.2 Å². The summed E-state index contributed by atoms with van der Waals surface area (Å²) in [5.41, 5.74) is 5.67. The molecule has 1 atom stereocenters. The van der Waals surface area contributed by atoms with Crippen molar-refractivity contribution in [2.24, 2.45) is 5.73 Å². The van der Waals surface area contributed by atoms with E-state index in [1.165, 1.54) is 12.0 Å². The van der Waals surface area contributed by atoms with E-state index >= 15 is 0 Å². The van der Waals surface area contributed by atoms with Gasteiger partial charge in [-0.05, 0) is 20.3 Å². The average Bonchev–Trinajstić information content (AvgIpc) is 2.24. The summed E-state index contributed by atoms with van der Waals surface area (Å²) in [7, 11) is 1.29. The van der Waals surface area contributed by atoms with Crippen LogP contribution in [0.3, 0.4) is 0 Å². The predicted octanol–water partition coefficient (Wildman–Crippen LogP) is 0.300. The van der Waals surface area contributed by atoms with Gasteiger partial charge in [0, 0.05) is 6.04 Å². The van der Waals surface area contributed by atoms with Crippen LogP contribution in [0, 0.1) is 0 Å². The number of nitrogens with zero attached hydrogens (tertiary/aromatic N) is 1. The highest BCUT2D eigenvalue weighted by Crippen LogP contribution is 2.04. The van der Waals surface area contributed by atoms with E-state index in [0.29, 0.717) is 6.42 Å². The van der Waals surface area contributed by atoms with Gasteiger partial charge in [-0.2, -0.15) is 0 Å². The molecule has 0 aromatic carbocycles. The molecule has 5 nitrogen and oxygen atoms in total. The summed E-state index contributed by atoms with van der Waals surface area (Å²) in [6, 6.07) is -0.743. The number of ether oxygens (including phenoxy) is 1. The second kappa shape index (κ2) is 7.00. The van der Waals surface area contributed by atoms with Crippen LogP contribution in [-0.4, -0.2) is 42.5 Å². The van der Waals surface area contributed by atoms with E-state index in [9.17, 15) is 9.59 Å². The zero-order valence-electron chi connectivity index (χ0n) is 10.1. The Morgan fingerprint density at radius 2 is 2.06 bits per heavy atom. The summed E-state index contributed by atoms with van der Waals surface area (Å²) >= 11 is 0. The van der Waals surface area contributed by atoms with Crippen LogP contribution < -0.4 is 5.73 Å². The van der Waals surface area contributed by atoms with Crippen LogP contribution in [0.1, 0.15) is 20.3 Å². The molecule has 5 heteroatoms. The van der Waals surface area contributed by atoms with Crippen LogP contribution in [0.5, 0.6) is 0 Å². The Bertz CT molecular complexity index is 264. The molecule has 0 saturated carbocycles. The molecule has 0 aliphatic heterocycles. The normalized spacial score (nSPS) is 12.1. The lowest BCUT2D eigenvalue weighted by Gasteiger charge is -2.27. The van der Waals surface area contributed by atoms with Gasteiger partial charge in [0.1, 0.15) is 6.54 Å². The molecule has 0 fully saturated rings. The molecule has 0 saturated heterocycles. The largest absolute Gasteiger partial charge is 0.468 e. The smallest absolute Gasteiger partial charge is 0.325 e. The lowest BCUT2D eigenvalue weighted by atomic mass is 10.1. The maximum atomic E-state index is 11.9. The molecular formula is C11H20N2O3. The van der Waals surface area contributed by atoms with E-state index < -0.39 is 12.0 Å². The maximum Gasteiger partial charge on any atom is 0.325 e. The molecule has 92 valence electrons. The van der Waals surface area contributed by atoms with Gasteiger partial charge in [-0.25, -0.2) is 0 Å². The van der Waals surface area contributed by atoms with Crippen LogP contribution in [0.2, 0.25) is 0 Å². The van der Waals surface area contributed by atoms with Crippen molar-refractivity contribution < 1.29 is 14.3 Å². The molecule has 0 aromatic heterocycles. The summed E-state index contributed by atoms with van der Waals surface area (Å²) in [4.78, 5) is 24.4. The van der Waals surface area contributed by atoms with E-state index in [2.05, 4.69) is 11.3 Å². The molecule has 0 aromatic rings. The van der Waals surface area contributed by atoms with Gasteiger partial charge in [-0.15, -0.1) is 6.58 Å². The van der Waals surface area contributed by atoms with Gasteiger partial charge in [0.25, 0.3) is 0 Å². The van der Waals surface area contributed by atoms with Gasteiger partial charge in [0.15, 0.2) is 0 Å². The number of hydrogen-bond donors (Lipinski definition) is 1. The molecule has 0 aliphatic rings. The van der Waals surface area contributed by atoms with Crippen LogP contribution in [-0.2, 0) is 14.3 Å². The Balaban J connectivity index is 4.58. The van der Waals surface area contributed by atoms with Crippen molar-refractivity contribution in [2.75, 3.05) is 13.7 Å². The van der Waals surface area contributed by atoms with E-state index in [1.54, 1.807) is 6.08 Å². The minimum atomic E-state index is -0.649. The second-order valence-electron chi connectivity index (χ2n) is 3.77. The topological polar surface area (TPSA) is 72.6 Å². The molecule has 1 unspecified atom stereocenters. The van der Waals surface area contributed by atoms with E-state index in [-0.39, 0.29) is 18.5 Å². The van der Waals surface area contributed by atoms with Crippen molar-refractivity contribution in [1.29, 1.82) is 0 Å². The van der Waals surface area contributed by atoms with Crippen molar-refractivity contribution in [3.8, 4) is 0 Å². The fourth-order valence-electron chi connectivity index (χ4n) is 1.21. The molecule has 0 rings (SSSR count). The Morgan fingerprint density at radius 3 is 2.44 bits per heavy atom. The Hall–Kier alpha value is -1.36. The number of carbonyl (C=O) groups is 2.